The highest BCUT2D eigenvalue weighted by Gasteiger charge is 2.13. The molecule has 1 aromatic carbocycles. The molecule has 0 unspecified atom stereocenters. The molecule has 0 saturated carbocycles. The van der Waals surface area contributed by atoms with Gasteiger partial charge in [0.05, 0.1) is 0 Å². The van der Waals surface area contributed by atoms with Crippen molar-refractivity contribution < 1.29 is 19.1 Å². The fraction of sp³-hybridized carbons (Fsp3) is 0.286. The lowest BCUT2D eigenvalue weighted by Gasteiger charge is -2.16. The smallest absolute Gasteiger partial charge is 0.328 e. The molecule has 0 atom stereocenters. The van der Waals surface area contributed by atoms with Gasteiger partial charge >= 0.3 is 5.97 Å². The molecule has 0 saturated heterocycles. The summed E-state index contributed by atoms with van der Waals surface area (Å²) in [6.07, 6.45) is 3.95. The van der Waals surface area contributed by atoms with Crippen LogP contribution in [-0.4, -0.2) is 47.5 Å². The minimum absolute atomic E-state index is 0.135. The summed E-state index contributed by atoms with van der Waals surface area (Å²) in [5.74, 6) is -1.22. The first-order valence-electron chi connectivity index (χ1n) is 5.90. The molecule has 0 aliphatic carbocycles. The van der Waals surface area contributed by atoms with E-state index in [1.165, 1.54) is 17.0 Å². The topological polar surface area (TPSA) is 57.6 Å². The Labute approximate surface area is 121 Å². The van der Waals surface area contributed by atoms with Gasteiger partial charge in [0, 0.05) is 36.5 Å². The van der Waals surface area contributed by atoms with Gasteiger partial charge in [-0.15, -0.1) is 0 Å². The summed E-state index contributed by atoms with van der Waals surface area (Å²) in [5, 5.41) is 8.49. The number of nitrogens with zero attached hydrogens (tertiary/aromatic N) is 1. The third kappa shape index (κ3) is 4.70. The fourth-order valence-corrected chi connectivity index (χ4v) is 1.96. The van der Waals surface area contributed by atoms with Crippen LogP contribution in [0.3, 0.4) is 0 Å². The quantitative estimate of drug-likeness (QED) is 0.819. The molecule has 1 aromatic rings. The van der Waals surface area contributed by atoms with Crippen LogP contribution in [0, 0.1) is 5.82 Å². The summed E-state index contributed by atoms with van der Waals surface area (Å²) in [6.45, 7) is 0.586. The summed E-state index contributed by atoms with van der Waals surface area (Å²) < 4.78 is 13.8. The zero-order valence-electron chi connectivity index (χ0n) is 11.3. The number of aliphatic carboxylic acids is 1. The van der Waals surface area contributed by atoms with Crippen LogP contribution in [-0.2, 0) is 4.79 Å². The third-order valence-electron chi connectivity index (χ3n) is 2.63. The van der Waals surface area contributed by atoms with E-state index < -0.39 is 11.8 Å². The molecule has 4 nitrogen and oxygen atoms in total. The molecule has 0 fully saturated rings. The third-order valence-corrected chi connectivity index (χ3v) is 3.22. The summed E-state index contributed by atoms with van der Waals surface area (Å²) in [4.78, 5) is 23.9. The first kappa shape index (κ1) is 16.2. The lowest BCUT2D eigenvalue weighted by Crippen LogP contribution is -2.28. The van der Waals surface area contributed by atoms with E-state index in [9.17, 15) is 14.0 Å². The SMILES string of the molecule is CSCCN(C)C(=O)c1ccc(/C=C/C(=O)O)c(F)c1. The Morgan fingerprint density at radius 1 is 1.45 bits per heavy atom. The molecule has 0 heterocycles. The van der Waals surface area contributed by atoms with E-state index in [1.807, 2.05) is 6.26 Å². The van der Waals surface area contributed by atoms with Gasteiger partial charge in [-0.1, -0.05) is 6.07 Å². The predicted octanol–water partition coefficient (Wildman–Crippen LogP) is 2.36. The molecule has 0 aromatic heterocycles. The number of carboxylic acid groups (broad SMARTS) is 1. The number of benzene rings is 1. The van der Waals surface area contributed by atoms with Gasteiger partial charge in [0.15, 0.2) is 0 Å². The van der Waals surface area contributed by atoms with Gasteiger partial charge in [-0.05, 0) is 24.5 Å². The molecule has 6 heteroatoms. The molecule has 1 N–H and O–H groups in total. The van der Waals surface area contributed by atoms with Gasteiger partial charge < -0.3 is 10.0 Å². The Balaban J connectivity index is 2.86. The Hall–Kier alpha value is -1.82. The summed E-state index contributed by atoms with van der Waals surface area (Å²) in [5.41, 5.74) is 0.384. The van der Waals surface area contributed by atoms with Crippen molar-refractivity contribution in [1.82, 2.24) is 4.90 Å². The zero-order chi connectivity index (χ0) is 15.1. The van der Waals surface area contributed by atoms with Crippen LogP contribution in [0.5, 0.6) is 0 Å². The van der Waals surface area contributed by atoms with Gasteiger partial charge in [-0.2, -0.15) is 11.8 Å². The monoisotopic (exact) mass is 297 g/mol. The van der Waals surface area contributed by atoms with Crippen LogP contribution >= 0.6 is 11.8 Å². The standard InChI is InChI=1S/C14H16FNO3S/c1-16(7-8-20-2)14(19)11-4-3-10(12(15)9-11)5-6-13(17)18/h3-6,9H,7-8H2,1-2H3,(H,17,18)/b6-5+. The predicted molar refractivity (Wildman–Crippen MR) is 78.4 cm³/mol. The van der Waals surface area contributed by atoms with E-state index in [0.717, 1.165) is 24.0 Å². The lowest BCUT2D eigenvalue weighted by atomic mass is 10.1. The maximum absolute atomic E-state index is 13.8. The van der Waals surface area contributed by atoms with Crippen molar-refractivity contribution in [2.24, 2.45) is 0 Å². The van der Waals surface area contributed by atoms with Crippen molar-refractivity contribution in [3.63, 3.8) is 0 Å². The second-order valence-electron chi connectivity index (χ2n) is 4.13. The Morgan fingerprint density at radius 3 is 2.70 bits per heavy atom. The summed E-state index contributed by atoms with van der Waals surface area (Å²) in [7, 11) is 1.66. The number of carboxylic acids is 1. The number of carbonyl (C=O) groups is 2. The normalized spacial score (nSPS) is 10.8. The molecular formula is C14H16FNO3S. The Bertz CT molecular complexity index is 531. The number of amides is 1. The molecule has 0 aliphatic heterocycles. The van der Waals surface area contributed by atoms with E-state index in [1.54, 1.807) is 18.8 Å². The molecule has 0 spiro atoms. The van der Waals surface area contributed by atoms with Crippen molar-refractivity contribution in [2.75, 3.05) is 25.6 Å². The van der Waals surface area contributed by atoms with Crippen molar-refractivity contribution >= 4 is 29.7 Å². The number of hydrogen-bond acceptors (Lipinski definition) is 3. The van der Waals surface area contributed by atoms with E-state index >= 15 is 0 Å². The van der Waals surface area contributed by atoms with Crippen LogP contribution in [0.25, 0.3) is 6.08 Å². The van der Waals surface area contributed by atoms with E-state index in [0.29, 0.717) is 6.54 Å². The van der Waals surface area contributed by atoms with Gasteiger partial charge in [-0.25, -0.2) is 9.18 Å². The highest BCUT2D eigenvalue weighted by Crippen LogP contribution is 2.14. The maximum Gasteiger partial charge on any atom is 0.328 e. The zero-order valence-corrected chi connectivity index (χ0v) is 12.1. The van der Waals surface area contributed by atoms with Crippen LogP contribution in [0.15, 0.2) is 24.3 Å². The highest BCUT2D eigenvalue weighted by atomic mass is 32.2. The summed E-state index contributed by atoms with van der Waals surface area (Å²) in [6, 6.07) is 4.01. The molecule has 0 aliphatic rings. The Morgan fingerprint density at radius 2 is 2.15 bits per heavy atom. The van der Waals surface area contributed by atoms with Gasteiger partial charge in [0.25, 0.3) is 5.91 Å². The second-order valence-corrected chi connectivity index (χ2v) is 5.11. The number of thioether (sulfide) groups is 1. The minimum Gasteiger partial charge on any atom is -0.478 e. The Kier molecular flexibility index (Phi) is 6.24. The van der Waals surface area contributed by atoms with E-state index in [-0.39, 0.29) is 17.0 Å². The number of hydrogen-bond donors (Lipinski definition) is 1. The number of rotatable bonds is 6. The van der Waals surface area contributed by atoms with Crippen LogP contribution in [0.2, 0.25) is 0 Å². The fourth-order valence-electron chi connectivity index (χ4n) is 1.51. The summed E-state index contributed by atoms with van der Waals surface area (Å²) >= 11 is 1.62. The molecule has 20 heavy (non-hydrogen) atoms. The van der Waals surface area contributed by atoms with Crippen molar-refractivity contribution in [3.8, 4) is 0 Å². The van der Waals surface area contributed by atoms with Crippen molar-refractivity contribution in [3.05, 3.63) is 41.2 Å². The molecule has 1 amide bonds. The average Bonchev–Trinajstić information content (AvgIpc) is 2.42. The maximum atomic E-state index is 13.8. The molecule has 0 bridgehead atoms. The highest BCUT2D eigenvalue weighted by molar-refractivity contribution is 7.98. The molecule has 1 rings (SSSR count). The molecule has 0 radical (unpaired) electrons. The largest absolute Gasteiger partial charge is 0.478 e. The van der Waals surface area contributed by atoms with E-state index in [4.69, 9.17) is 5.11 Å². The lowest BCUT2D eigenvalue weighted by molar-refractivity contribution is -0.131. The van der Waals surface area contributed by atoms with Crippen molar-refractivity contribution in [2.45, 2.75) is 0 Å². The average molecular weight is 297 g/mol. The molecule has 108 valence electrons. The van der Waals surface area contributed by atoms with Crippen LogP contribution in [0.1, 0.15) is 15.9 Å². The molecular weight excluding hydrogens is 281 g/mol. The first-order chi connectivity index (χ1) is 9.45. The van der Waals surface area contributed by atoms with Crippen LogP contribution < -0.4 is 0 Å². The van der Waals surface area contributed by atoms with E-state index in [2.05, 4.69) is 0 Å². The van der Waals surface area contributed by atoms with Crippen molar-refractivity contribution in [1.29, 1.82) is 0 Å². The first-order valence-corrected chi connectivity index (χ1v) is 7.30. The second kappa shape index (κ2) is 7.69. The van der Waals surface area contributed by atoms with Gasteiger partial charge in [-0.3, -0.25) is 4.79 Å². The van der Waals surface area contributed by atoms with Crippen LogP contribution in [0.4, 0.5) is 4.39 Å². The number of carbonyl (C=O) groups excluding carboxylic acids is 1. The van der Waals surface area contributed by atoms with Gasteiger partial charge in [0.2, 0.25) is 0 Å². The number of halogens is 1. The van der Waals surface area contributed by atoms with Gasteiger partial charge in [0.1, 0.15) is 5.82 Å². The minimum atomic E-state index is -1.15.